The molecule has 2 N–H and O–H groups in total. The molecule has 1 aliphatic heterocycles. The second-order valence-corrected chi connectivity index (χ2v) is 4.58. The Balaban J connectivity index is 2.54. The van der Waals surface area contributed by atoms with Gasteiger partial charge in [-0.15, -0.1) is 0 Å². The molecule has 100 valence electrons. The molecule has 0 amide bonds. The molecule has 6 heteroatoms. The first-order valence-corrected chi connectivity index (χ1v) is 5.75. The van der Waals surface area contributed by atoms with Gasteiger partial charge in [-0.1, -0.05) is 0 Å². The van der Waals surface area contributed by atoms with Crippen LogP contribution in [0.3, 0.4) is 0 Å². The number of hydrogen-bond acceptors (Lipinski definition) is 5. The minimum absolute atomic E-state index is 0.0301. The van der Waals surface area contributed by atoms with E-state index in [4.69, 9.17) is 14.6 Å². The van der Waals surface area contributed by atoms with Crippen LogP contribution in [0.2, 0.25) is 0 Å². The number of hydrogen-bond donors (Lipinski definition) is 2. The Bertz CT molecular complexity index is 258. The summed E-state index contributed by atoms with van der Waals surface area (Å²) in [6, 6.07) is 0.0301. The summed E-state index contributed by atoms with van der Waals surface area (Å²) >= 11 is 0. The van der Waals surface area contributed by atoms with Gasteiger partial charge in [0.1, 0.15) is 6.10 Å². The van der Waals surface area contributed by atoms with Gasteiger partial charge in [-0.2, -0.15) is 0 Å². The topological polar surface area (TPSA) is 79.2 Å². The first-order valence-electron chi connectivity index (χ1n) is 5.75. The highest BCUT2D eigenvalue weighted by molar-refractivity contribution is 5.66. The number of carbonyl (C=O) groups is 1. The van der Waals surface area contributed by atoms with Gasteiger partial charge < -0.3 is 24.6 Å². The molecular formula is C11H21NO5. The Labute approximate surface area is 101 Å². The zero-order valence-corrected chi connectivity index (χ0v) is 10.5. The average molecular weight is 247 g/mol. The van der Waals surface area contributed by atoms with Crippen LogP contribution in [0.25, 0.3) is 0 Å². The third-order valence-electron chi connectivity index (χ3n) is 2.89. The van der Waals surface area contributed by atoms with E-state index in [1.807, 2.05) is 25.9 Å². The summed E-state index contributed by atoms with van der Waals surface area (Å²) in [6.07, 6.45) is -0.849. The van der Waals surface area contributed by atoms with Gasteiger partial charge in [-0.3, -0.25) is 4.79 Å². The number of nitrogens with zero attached hydrogens (tertiary/aromatic N) is 1. The van der Waals surface area contributed by atoms with Crippen molar-refractivity contribution in [1.29, 1.82) is 0 Å². The molecular weight excluding hydrogens is 226 g/mol. The first kappa shape index (κ1) is 14.4. The van der Waals surface area contributed by atoms with Crippen molar-refractivity contribution in [2.75, 3.05) is 20.7 Å². The van der Waals surface area contributed by atoms with Crippen molar-refractivity contribution in [3.8, 4) is 0 Å². The van der Waals surface area contributed by atoms with Crippen molar-refractivity contribution in [2.45, 2.75) is 44.3 Å². The maximum absolute atomic E-state index is 10.4. The van der Waals surface area contributed by atoms with E-state index in [1.165, 1.54) is 0 Å². The largest absolute Gasteiger partial charge is 0.481 e. The minimum atomic E-state index is -1.00. The van der Waals surface area contributed by atoms with Gasteiger partial charge in [0.25, 0.3) is 0 Å². The van der Waals surface area contributed by atoms with E-state index in [2.05, 4.69) is 0 Å². The number of likely N-dealkylation sites (N-methyl/N-ethyl adjacent to an activating group) is 1. The fourth-order valence-corrected chi connectivity index (χ4v) is 2.02. The third kappa shape index (κ3) is 4.23. The molecule has 0 aliphatic carbocycles. The van der Waals surface area contributed by atoms with Gasteiger partial charge in [-0.05, 0) is 27.4 Å². The Morgan fingerprint density at radius 3 is 2.71 bits per heavy atom. The molecule has 1 aliphatic rings. The molecule has 0 radical (unpaired) electrons. The highest BCUT2D eigenvalue weighted by Crippen LogP contribution is 2.24. The van der Waals surface area contributed by atoms with Crippen LogP contribution >= 0.6 is 0 Å². The zero-order valence-electron chi connectivity index (χ0n) is 10.5. The van der Waals surface area contributed by atoms with E-state index in [9.17, 15) is 9.90 Å². The molecule has 0 spiro atoms. The lowest BCUT2D eigenvalue weighted by Gasteiger charge is -2.41. The molecule has 0 unspecified atom stereocenters. The summed E-state index contributed by atoms with van der Waals surface area (Å²) in [5.41, 5.74) is 0. The lowest BCUT2D eigenvalue weighted by atomic mass is 9.99. The maximum atomic E-state index is 10.4. The van der Waals surface area contributed by atoms with Crippen molar-refractivity contribution in [1.82, 2.24) is 4.90 Å². The molecule has 0 aromatic carbocycles. The number of carboxylic acids is 1. The van der Waals surface area contributed by atoms with Crippen LogP contribution < -0.4 is 0 Å². The molecule has 1 fully saturated rings. The smallest absolute Gasteiger partial charge is 0.305 e. The lowest BCUT2D eigenvalue weighted by Crippen LogP contribution is -2.54. The quantitative estimate of drug-likeness (QED) is 0.706. The average Bonchev–Trinajstić information content (AvgIpc) is 2.19. The van der Waals surface area contributed by atoms with Crippen molar-refractivity contribution in [3.63, 3.8) is 0 Å². The van der Waals surface area contributed by atoms with Crippen LogP contribution in [0.1, 0.15) is 19.8 Å². The molecule has 4 atom stereocenters. The van der Waals surface area contributed by atoms with E-state index in [-0.39, 0.29) is 25.2 Å². The standard InChI is InChI=1S/C11H21NO5/c1-7-6-8(12(2)3)10(11(15)17-7)16-5-4-9(13)14/h7-8,10-11,15H,4-6H2,1-3H3,(H,13,14)/t7-,8+,10-,11-/m1/s1. The van der Waals surface area contributed by atoms with E-state index < -0.39 is 18.4 Å². The Kier molecular flexibility index (Phi) is 5.32. The number of aliphatic hydroxyl groups excluding tert-OH is 1. The van der Waals surface area contributed by atoms with Gasteiger partial charge in [0, 0.05) is 6.04 Å². The van der Waals surface area contributed by atoms with Gasteiger partial charge in [-0.25, -0.2) is 0 Å². The summed E-state index contributed by atoms with van der Waals surface area (Å²) in [5.74, 6) is -0.911. The molecule has 0 saturated carbocycles. The fraction of sp³-hybridized carbons (Fsp3) is 0.909. The second-order valence-electron chi connectivity index (χ2n) is 4.58. The van der Waals surface area contributed by atoms with Crippen molar-refractivity contribution < 1.29 is 24.5 Å². The summed E-state index contributed by atoms with van der Waals surface area (Å²) in [7, 11) is 3.81. The molecule has 0 aromatic heterocycles. The SMILES string of the molecule is C[C@@H]1C[C@H](N(C)C)[C@@H](OCCC(=O)O)[C@H](O)O1. The Hall–Kier alpha value is -0.690. The Morgan fingerprint density at radius 1 is 1.53 bits per heavy atom. The summed E-state index contributed by atoms with van der Waals surface area (Å²) in [4.78, 5) is 12.4. The minimum Gasteiger partial charge on any atom is -0.481 e. The van der Waals surface area contributed by atoms with Crippen LogP contribution in [0.5, 0.6) is 0 Å². The van der Waals surface area contributed by atoms with Gasteiger partial charge in [0.2, 0.25) is 0 Å². The molecule has 6 nitrogen and oxygen atoms in total. The predicted octanol–water partition coefficient (Wildman–Crippen LogP) is -0.0963. The maximum Gasteiger partial charge on any atom is 0.305 e. The van der Waals surface area contributed by atoms with Crippen LogP contribution in [-0.4, -0.2) is 66.3 Å². The van der Waals surface area contributed by atoms with Crippen molar-refractivity contribution >= 4 is 5.97 Å². The normalized spacial score (nSPS) is 33.9. The number of ether oxygens (including phenoxy) is 2. The first-order chi connectivity index (χ1) is 7.91. The van der Waals surface area contributed by atoms with E-state index in [0.29, 0.717) is 0 Å². The highest BCUT2D eigenvalue weighted by atomic mass is 16.6. The van der Waals surface area contributed by atoms with E-state index in [1.54, 1.807) is 0 Å². The van der Waals surface area contributed by atoms with Crippen molar-refractivity contribution in [2.24, 2.45) is 0 Å². The number of aliphatic carboxylic acids is 1. The summed E-state index contributed by atoms with van der Waals surface area (Å²) < 4.78 is 10.7. The van der Waals surface area contributed by atoms with E-state index in [0.717, 1.165) is 6.42 Å². The predicted molar refractivity (Wildman–Crippen MR) is 60.6 cm³/mol. The molecule has 17 heavy (non-hydrogen) atoms. The third-order valence-corrected chi connectivity index (χ3v) is 2.89. The molecule has 1 saturated heterocycles. The van der Waals surface area contributed by atoms with Crippen LogP contribution in [0, 0.1) is 0 Å². The zero-order chi connectivity index (χ0) is 13.0. The highest BCUT2D eigenvalue weighted by Gasteiger charge is 2.38. The van der Waals surface area contributed by atoms with Crippen LogP contribution in [0.15, 0.2) is 0 Å². The van der Waals surface area contributed by atoms with Gasteiger partial charge >= 0.3 is 5.97 Å². The fourth-order valence-electron chi connectivity index (χ4n) is 2.02. The lowest BCUT2D eigenvalue weighted by molar-refractivity contribution is -0.243. The summed E-state index contributed by atoms with van der Waals surface area (Å²) in [5, 5.41) is 18.3. The number of rotatable bonds is 5. The number of carboxylic acid groups (broad SMARTS) is 1. The second kappa shape index (κ2) is 6.30. The monoisotopic (exact) mass is 247 g/mol. The molecule has 1 heterocycles. The van der Waals surface area contributed by atoms with Gasteiger partial charge in [0.15, 0.2) is 6.29 Å². The molecule has 0 aromatic rings. The van der Waals surface area contributed by atoms with Crippen LogP contribution in [0.4, 0.5) is 0 Å². The molecule has 0 bridgehead atoms. The van der Waals surface area contributed by atoms with Gasteiger partial charge in [0.05, 0.1) is 19.1 Å². The van der Waals surface area contributed by atoms with E-state index >= 15 is 0 Å². The molecule has 1 rings (SSSR count). The number of aliphatic hydroxyl groups is 1. The van der Waals surface area contributed by atoms with Crippen molar-refractivity contribution in [3.05, 3.63) is 0 Å². The Morgan fingerprint density at radius 2 is 2.18 bits per heavy atom. The van der Waals surface area contributed by atoms with Crippen LogP contribution in [-0.2, 0) is 14.3 Å². The summed E-state index contributed by atoms with van der Waals surface area (Å²) in [6.45, 7) is 1.98.